The summed E-state index contributed by atoms with van der Waals surface area (Å²) in [5.41, 5.74) is 1.81. The second kappa shape index (κ2) is 5.56. The van der Waals surface area contributed by atoms with Crippen molar-refractivity contribution in [3.05, 3.63) is 24.0 Å². The Balaban J connectivity index is 2.17. The van der Waals surface area contributed by atoms with Gasteiger partial charge in [0.2, 0.25) is 5.91 Å². The Hall–Kier alpha value is -1.75. The van der Waals surface area contributed by atoms with Gasteiger partial charge in [-0.15, -0.1) is 11.6 Å². The minimum Gasteiger partial charge on any atom is -0.497 e. The number of aryl methyl sites for hydroxylation is 1. The zero-order valence-electron chi connectivity index (χ0n) is 12.2. The van der Waals surface area contributed by atoms with E-state index in [-0.39, 0.29) is 11.9 Å². The standard InChI is InChI=1S/C15H18ClN3O2/c1-18-8-6-12(15(18)20)19-13-9-10(21-2)3-4-11(13)17-14(19)5-7-16/h3-4,9,12H,5-8H2,1-2H3. The number of ether oxygens (including phenoxy) is 1. The van der Waals surface area contributed by atoms with E-state index in [1.54, 1.807) is 12.0 Å². The maximum atomic E-state index is 12.4. The topological polar surface area (TPSA) is 47.4 Å². The predicted molar refractivity (Wildman–Crippen MR) is 82.0 cm³/mol. The van der Waals surface area contributed by atoms with Crippen LogP contribution >= 0.6 is 11.6 Å². The highest BCUT2D eigenvalue weighted by Crippen LogP contribution is 2.30. The molecule has 0 aliphatic carbocycles. The lowest BCUT2D eigenvalue weighted by Gasteiger charge is -2.16. The number of hydrogen-bond acceptors (Lipinski definition) is 3. The summed E-state index contributed by atoms with van der Waals surface area (Å²) >= 11 is 5.89. The Morgan fingerprint density at radius 3 is 2.90 bits per heavy atom. The van der Waals surface area contributed by atoms with Gasteiger partial charge in [0.25, 0.3) is 0 Å². The minimum absolute atomic E-state index is 0.132. The van der Waals surface area contributed by atoms with E-state index in [4.69, 9.17) is 16.3 Å². The van der Waals surface area contributed by atoms with E-state index in [9.17, 15) is 4.79 Å². The number of hydrogen-bond donors (Lipinski definition) is 0. The molecule has 1 saturated heterocycles. The molecule has 1 aliphatic rings. The number of alkyl halides is 1. The monoisotopic (exact) mass is 307 g/mol. The lowest BCUT2D eigenvalue weighted by atomic mass is 10.2. The highest BCUT2D eigenvalue weighted by atomic mass is 35.5. The molecule has 0 spiro atoms. The number of nitrogens with zero attached hydrogens (tertiary/aromatic N) is 3. The molecular formula is C15H18ClN3O2. The van der Waals surface area contributed by atoms with Crippen LogP contribution in [-0.4, -0.2) is 46.9 Å². The minimum atomic E-state index is -0.190. The second-order valence-electron chi connectivity index (χ2n) is 5.26. The van der Waals surface area contributed by atoms with Crippen molar-refractivity contribution in [2.75, 3.05) is 26.6 Å². The third-order valence-electron chi connectivity index (χ3n) is 4.00. The van der Waals surface area contributed by atoms with E-state index in [1.165, 1.54) is 0 Å². The molecule has 1 aromatic carbocycles. The number of carbonyl (C=O) groups excluding carboxylic acids is 1. The Kier molecular flexibility index (Phi) is 3.76. The number of aromatic nitrogens is 2. The molecule has 1 atom stereocenters. The molecule has 0 bridgehead atoms. The highest BCUT2D eigenvalue weighted by molar-refractivity contribution is 6.17. The van der Waals surface area contributed by atoms with E-state index in [0.29, 0.717) is 12.3 Å². The second-order valence-corrected chi connectivity index (χ2v) is 5.63. The molecule has 3 rings (SSSR count). The molecule has 1 unspecified atom stereocenters. The van der Waals surface area contributed by atoms with Crippen molar-refractivity contribution in [1.82, 2.24) is 14.5 Å². The van der Waals surface area contributed by atoms with Gasteiger partial charge >= 0.3 is 0 Å². The van der Waals surface area contributed by atoms with Gasteiger partial charge in [0.05, 0.1) is 18.1 Å². The highest BCUT2D eigenvalue weighted by Gasteiger charge is 2.33. The number of imidazole rings is 1. The molecule has 112 valence electrons. The van der Waals surface area contributed by atoms with Crippen LogP contribution in [0.1, 0.15) is 18.3 Å². The van der Waals surface area contributed by atoms with Gasteiger partial charge in [0.15, 0.2) is 0 Å². The molecule has 1 fully saturated rings. The lowest BCUT2D eigenvalue weighted by molar-refractivity contribution is -0.129. The average Bonchev–Trinajstić information content (AvgIpc) is 3.00. The molecule has 6 heteroatoms. The van der Waals surface area contributed by atoms with E-state index >= 15 is 0 Å². The fourth-order valence-corrected chi connectivity index (χ4v) is 3.07. The van der Waals surface area contributed by atoms with Crippen LogP contribution in [0.25, 0.3) is 11.0 Å². The predicted octanol–water partition coefficient (Wildman–Crippen LogP) is 2.23. The Morgan fingerprint density at radius 1 is 1.48 bits per heavy atom. The van der Waals surface area contributed by atoms with Gasteiger partial charge in [-0.2, -0.15) is 0 Å². The van der Waals surface area contributed by atoms with E-state index in [1.807, 2.05) is 29.8 Å². The summed E-state index contributed by atoms with van der Waals surface area (Å²) in [6.45, 7) is 0.771. The number of carbonyl (C=O) groups is 1. The van der Waals surface area contributed by atoms with Crippen molar-refractivity contribution in [1.29, 1.82) is 0 Å². The van der Waals surface area contributed by atoms with E-state index in [2.05, 4.69) is 4.98 Å². The van der Waals surface area contributed by atoms with Crippen molar-refractivity contribution < 1.29 is 9.53 Å². The molecule has 1 aromatic heterocycles. The van der Waals surface area contributed by atoms with Crippen molar-refractivity contribution in [2.24, 2.45) is 0 Å². The third-order valence-corrected chi connectivity index (χ3v) is 4.19. The van der Waals surface area contributed by atoms with Crippen LogP contribution in [0.15, 0.2) is 18.2 Å². The summed E-state index contributed by atoms with van der Waals surface area (Å²) in [6.07, 6.45) is 1.44. The Labute approximate surface area is 128 Å². The van der Waals surface area contributed by atoms with Crippen LogP contribution in [-0.2, 0) is 11.2 Å². The smallest absolute Gasteiger partial charge is 0.245 e. The van der Waals surface area contributed by atoms with E-state index in [0.717, 1.165) is 35.6 Å². The van der Waals surface area contributed by atoms with Crippen molar-refractivity contribution in [2.45, 2.75) is 18.9 Å². The largest absolute Gasteiger partial charge is 0.497 e. The summed E-state index contributed by atoms with van der Waals surface area (Å²) in [5, 5.41) is 0. The van der Waals surface area contributed by atoms with Crippen molar-refractivity contribution in [3.63, 3.8) is 0 Å². The number of rotatable bonds is 4. The first kappa shape index (κ1) is 14.2. The molecule has 0 radical (unpaired) electrons. The molecule has 0 N–H and O–H groups in total. The summed E-state index contributed by atoms with van der Waals surface area (Å²) in [4.78, 5) is 18.8. The molecule has 1 aliphatic heterocycles. The quantitative estimate of drug-likeness (QED) is 0.814. The summed E-state index contributed by atoms with van der Waals surface area (Å²) in [5.74, 6) is 2.24. The number of likely N-dealkylation sites (N-methyl/N-ethyl adjacent to an activating group) is 1. The molecule has 1 amide bonds. The van der Waals surface area contributed by atoms with E-state index < -0.39 is 0 Å². The number of halogens is 1. The fraction of sp³-hybridized carbons (Fsp3) is 0.467. The summed E-state index contributed by atoms with van der Waals surface area (Å²) < 4.78 is 7.33. The average molecular weight is 308 g/mol. The first-order chi connectivity index (χ1) is 10.2. The first-order valence-corrected chi connectivity index (χ1v) is 7.55. The molecule has 21 heavy (non-hydrogen) atoms. The fourth-order valence-electron chi connectivity index (χ4n) is 2.90. The normalized spacial score (nSPS) is 18.7. The van der Waals surface area contributed by atoms with Crippen LogP contribution in [0.2, 0.25) is 0 Å². The molecule has 2 aromatic rings. The Bertz CT molecular complexity index is 683. The van der Waals surface area contributed by atoms with Gasteiger partial charge < -0.3 is 14.2 Å². The van der Waals surface area contributed by atoms with Crippen LogP contribution in [0.5, 0.6) is 5.75 Å². The van der Waals surface area contributed by atoms with Crippen molar-refractivity contribution >= 4 is 28.5 Å². The number of benzene rings is 1. The van der Waals surface area contributed by atoms with Gasteiger partial charge in [0, 0.05) is 32.0 Å². The summed E-state index contributed by atoms with van der Waals surface area (Å²) in [7, 11) is 3.47. The first-order valence-electron chi connectivity index (χ1n) is 7.01. The van der Waals surface area contributed by atoms with Crippen LogP contribution < -0.4 is 4.74 Å². The van der Waals surface area contributed by atoms with Gasteiger partial charge in [-0.3, -0.25) is 4.79 Å². The van der Waals surface area contributed by atoms with Crippen LogP contribution in [0.4, 0.5) is 0 Å². The van der Waals surface area contributed by atoms with Gasteiger partial charge in [-0.1, -0.05) is 0 Å². The van der Waals surface area contributed by atoms with Gasteiger partial charge in [0.1, 0.15) is 17.6 Å². The molecular weight excluding hydrogens is 290 g/mol. The Morgan fingerprint density at radius 2 is 2.29 bits per heavy atom. The zero-order chi connectivity index (χ0) is 15.0. The SMILES string of the molecule is COc1ccc2nc(CCCl)n(C3CCN(C)C3=O)c2c1. The van der Waals surface area contributed by atoms with Gasteiger partial charge in [-0.25, -0.2) is 4.98 Å². The van der Waals surface area contributed by atoms with Gasteiger partial charge in [-0.05, 0) is 18.6 Å². The number of methoxy groups -OCH3 is 1. The zero-order valence-corrected chi connectivity index (χ0v) is 12.9. The molecule has 5 nitrogen and oxygen atoms in total. The third kappa shape index (κ3) is 2.35. The molecule has 2 heterocycles. The van der Waals surface area contributed by atoms with Crippen LogP contribution in [0.3, 0.4) is 0 Å². The maximum Gasteiger partial charge on any atom is 0.245 e. The number of amides is 1. The van der Waals surface area contributed by atoms with Crippen LogP contribution in [0, 0.1) is 0 Å². The van der Waals surface area contributed by atoms with Crippen molar-refractivity contribution in [3.8, 4) is 5.75 Å². The number of likely N-dealkylation sites (tertiary alicyclic amines) is 1. The lowest BCUT2D eigenvalue weighted by Crippen LogP contribution is -2.25. The maximum absolute atomic E-state index is 12.4. The number of fused-ring (bicyclic) bond motifs is 1. The molecule has 0 saturated carbocycles. The summed E-state index contributed by atoms with van der Waals surface area (Å²) in [6, 6.07) is 5.55.